The number of aromatic nitrogens is 1. The molecule has 1 aliphatic carbocycles. The second-order valence-electron chi connectivity index (χ2n) is 7.54. The molecule has 1 aromatic heterocycles. The van der Waals surface area contributed by atoms with Crippen molar-refractivity contribution in [2.24, 2.45) is 0 Å². The van der Waals surface area contributed by atoms with Crippen LogP contribution in [0.3, 0.4) is 0 Å². The summed E-state index contributed by atoms with van der Waals surface area (Å²) in [5, 5.41) is 4.04. The third kappa shape index (κ3) is 4.32. The number of carbonyl (C=O) groups is 1. The number of fused-ring (bicyclic) bond motifs is 1. The van der Waals surface area contributed by atoms with Gasteiger partial charge in [-0.3, -0.25) is 4.79 Å². The van der Waals surface area contributed by atoms with Crippen molar-refractivity contribution in [1.29, 1.82) is 0 Å². The number of morpholine rings is 1. The van der Waals surface area contributed by atoms with Gasteiger partial charge in [0, 0.05) is 44.4 Å². The highest BCUT2D eigenvalue weighted by atomic mass is 32.2. The van der Waals surface area contributed by atoms with Gasteiger partial charge in [0.25, 0.3) is 5.91 Å². The number of carbonyl (C=O) groups excluding carboxylic acids is 1. The Morgan fingerprint density at radius 3 is 2.83 bits per heavy atom. The van der Waals surface area contributed by atoms with Gasteiger partial charge >= 0.3 is 0 Å². The Hall–Kier alpha value is -1.94. The van der Waals surface area contributed by atoms with Gasteiger partial charge in [-0.05, 0) is 24.5 Å². The van der Waals surface area contributed by atoms with Crippen LogP contribution in [-0.4, -0.2) is 74.5 Å². The second-order valence-corrected chi connectivity index (χ2v) is 9.50. The van der Waals surface area contributed by atoms with E-state index in [0.717, 1.165) is 30.3 Å². The van der Waals surface area contributed by atoms with Crippen LogP contribution in [0.4, 0.5) is 0 Å². The molecule has 1 unspecified atom stereocenters. The first-order chi connectivity index (χ1) is 14.0. The average Bonchev–Trinajstić information content (AvgIpc) is 3.51. The SMILES string of the molecule is COCCS(=O)(=O)n1cc(CN(C(=O)C2CNCCO2)C2CC2)c2ccccc21. The lowest BCUT2D eigenvalue weighted by atomic mass is 10.1. The predicted molar refractivity (Wildman–Crippen MR) is 109 cm³/mol. The number of para-hydroxylation sites is 1. The van der Waals surface area contributed by atoms with Crippen molar-refractivity contribution >= 4 is 26.8 Å². The lowest BCUT2D eigenvalue weighted by molar-refractivity contribution is -0.146. The van der Waals surface area contributed by atoms with Gasteiger partial charge < -0.3 is 19.7 Å². The van der Waals surface area contributed by atoms with Crippen LogP contribution in [0.1, 0.15) is 18.4 Å². The molecule has 1 saturated heterocycles. The molecule has 2 fully saturated rings. The molecule has 2 heterocycles. The van der Waals surface area contributed by atoms with E-state index in [0.29, 0.717) is 25.2 Å². The number of methoxy groups -OCH3 is 1. The maximum absolute atomic E-state index is 13.1. The van der Waals surface area contributed by atoms with Gasteiger partial charge in [-0.15, -0.1) is 0 Å². The summed E-state index contributed by atoms with van der Waals surface area (Å²) in [7, 11) is -2.07. The zero-order valence-electron chi connectivity index (χ0n) is 16.5. The van der Waals surface area contributed by atoms with Crippen molar-refractivity contribution in [2.75, 3.05) is 39.2 Å². The number of benzene rings is 1. The van der Waals surface area contributed by atoms with E-state index in [-0.39, 0.29) is 24.3 Å². The number of rotatable bonds is 8. The van der Waals surface area contributed by atoms with E-state index in [2.05, 4.69) is 5.32 Å². The highest BCUT2D eigenvalue weighted by Crippen LogP contribution is 2.32. The van der Waals surface area contributed by atoms with Gasteiger partial charge in [0.1, 0.15) is 6.10 Å². The van der Waals surface area contributed by atoms with Crippen molar-refractivity contribution < 1.29 is 22.7 Å². The number of hydrogen-bond donors (Lipinski definition) is 1. The van der Waals surface area contributed by atoms with Crippen LogP contribution in [0, 0.1) is 0 Å². The summed E-state index contributed by atoms with van der Waals surface area (Å²) in [4.78, 5) is 14.9. The van der Waals surface area contributed by atoms with E-state index in [1.54, 1.807) is 12.3 Å². The smallest absolute Gasteiger partial charge is 0.253 e. The lowest BCUT2D eigenvalue weighted by Crippen LogP contribution is -2.49. The molecule has 1 saturated carbocycles. The predicted octanol–water partition coefficient (Wildman–Crippen LogP) is 0.945. The molecule has 29 heavy (non-hydrogen) atoms. The van der Waals surface area contributed by atoms with E-state index in [1.807, 2.05) is 23.1 Å². The van der Waals surface area contributed by atoms with E-state index in [4.69, 9.17) is 9.47 Å². The van der Waals surface area contributed by atoms with Gasteiger partial charge in [0.15, 0.2) is 0 Å². The Bertz CT molecular complexity index is 977. The number of amides is 1. The maximum Gasteiger partial charge on any atom is 0.253 e. The largest absolute Gasteiger partial charge is 0.384 e. The molecule has 0 spiro atoms. The highest BCUT2D eigenvalue weighted by Gasteiger charge is 2.37. The van der Waals surface area contributed by atoms with E-state index in [1.165, 1.54) is 11.1 Å². The minimum atomic E-state index is -3.56. The summed E-state index contributed by atoms with van der Waals surface area (Å²) in [5.74, 6) is -0.132. The molecule has 8 nitrogen and oxygen atoms in total. The minimum absolute atomic E-state index is 0.0289. The topological polar surface area (TPSA) is 89.9 Å². The molecular weight excluding hydrogens is 394 g/mol. The molecule has 1 aromatic carbocycles. The lowest BCUT2D eigenvalue weighted by Gasteiger charge is -2.30. The molecule has 1 N–H and O–H groups in total. The first kappa shape index (κ1) is 20.3. The summed E-state index contributed by atoms with van der Waals surface area (Å²) >= 11 is 0. The zero-order valence-corrected chi connectivity index (χ0v) is 17.4. The van der Waals surface area contributed by atoms with Gasteiger partial charge in [-0.1, -0.05) is 18.2 Å². The van der Waals surface area contributed by atoms with Gasteiger partial charge in [-0.2, -0.15) is 0 Å². The highest BCUT2D eigenvalue weighted by molar-refractivity contribution is 7.90. The van der Waals surface area contributed by atoms with E-state index < -0.39 is 16.1 Å². The Labute approximate surface area is 170 Å². The molecule has 0 bridgehead atoms. The normalized spacial score (nSPS) is 20.1. The Morgan fingerprint density at radius 2 is 2.14 bits per heavy atom. The van der Waals surface area contributed by atoms with Crippen LogP contribution in [0.15, 0.2) is 30.5 Å². The first-order valence-corrected chi connectivity index (χ1v) is 11.6. The number of hydrogen-bond acceptors (Lipinski definition) is 6. The molecule has 2 aliphatic rings. The van der Waals surface area contributed by atoms with Crippen LogP contribution in [0.5, 0.6) is 0 Å². The molecule has 2 aromatic rings. The summed E-state index contributed by atoms with van der Waals surface area (Å²) < 4.78 is 37.6. The summed E-state index contributed by atoms with van der Waals surface area (Å²) in [6.07, 6.45) is 3.11. The van der Waals surface area contributed by atoms with Crippen molar-refractivity contribution in [3.05, 3.63) is 36.0 Å². The van der Waals surface area contributed by atoms with Gasteiger partial charge in [-0.25, -0.2) is 12.4 Å². The minimum Gasteiger partial charge on any atom is -0.384 e. The monoisotopic (exact) mass is 421 g/mol. The van der Waals surface area contributed by atoms with Crippen LogP contribution in [0.2, 0.25) is 0 Å². The standard InChI is InChI=1S/C20H27N3O5S/c1-27-10-11-29(25,26)23-14-15(17-4-2-3-5-18(17)23)13-22(16-6-7-16)20(24)19-12-21-8-9-28-19/h2-5,14,16,19,21H,6-13H2,1H3. The van der Waals surface area contributed by atoms with Crippen molar-refractivity contribution in [2.45, 2.75) is 31.5 Å². The fourth-order valence-corrected chi connectivity index (χ4v) is 5.05. The summed E-state index contributed by atoms with van der Waals surface area (Å²) in [6, 6.07) is 7.59. The van der Waals surface area contributed by atoms with E-state index in [9.17, 15) is 13.2 Å². The second kappa shape index (κ2) is 8.43. The quantitative estimate of drug-likeness (QED) is 0.683. The van der Waals surface area contributed by atoms with Crippen molar-refractivity contribution in [3.63, 3.8) is 0 Å². The van der Waals surface area contributed by atoms with Crippen molar-refractivity contribution in [1.82, 2.24) is 14.2 Å². The average molecular weight is 422 g/mol. The molecule has 4 rings (SSSR count). The number of nitrogens with one attached hydrogen (secondary N) is 1. The van der Waals surface area contributed by atoms with Crippen LogP contribution in [0.25, 0.3) is 10.9 Å². The first-order valence-electron chi connectivity index (χ1n) is 9.95. The van der Waals surface area contributed by atoms with Crippen LogP contribution in [-0.2, 0) is 30.8 Å². The Kier molecular flexibility index (Phi) is 5.91. The number of nitrogens with zero attached hydrogens (tertiary/aromatic N) is 2. The summed E-state index contributed by atoms with van der Waals surface area (Å²) in [6.45, 7) is 2.28. The van der Waals surface area contributed by atoms with E-state index >= 15 is 0 Å². The van der Waals surface area contributed by atoms with Gasteiger partial charge in [0.2, 0.25) is 10.0 Å². The van der Waals surface area contributed by atoms with Crippen LogP contribution >= 0.6 is 0 Å². The van der Waals surface area contributed by atoms with Crippen LogP contribution < -0.4 is 5.32 Å². The van der Waals surface area contributed by atoms with Crippen molar-refractivity contribution in [3.8, 4) is 0 Å². The third-order valence-corrected chi connectivity index (χ3v) is 7.00. The molecule has 1 amide bonds. The Morgan fingerprint density at radius 1 is 1.34 bits per heavy atom. The molecule has 1 aliphatic heterocycles. The third-order valence-electron chi connectivity index (χ3n) is 5.42. The zero-order chi connectivity index (χ0) is 20.4. The fourth-order valence-electron chi connectivity index (χ4n) is 3.73. The molecule has 1 atom stereocenters. The fraction of sp³-hybridized carbons (Fsp3) is 0.550. The molecular formula is C20H27N3O5S. The molecule has 158 valence electrons. The number of ether oxygens (including phenoxy) is 2. The Balaban J connectivity index is 1.65. The van der Waals surface area contributed by atoms with Gasteiger partial charge in [0.05, 0.1) is 24.5 Å². The maximum atomic E-state index is 13.1. The molecule has 9 heteroatoms. The molecule has 0 radical (unpaired) electrons. The summed E-state index contributed by atoms with van der Waals surface area (Å²) in [5.41, 5.74) is 1.45.